The molecule has 0 saturated heterocycles. The standard InChI is InChI=1S/C10H11ClO3/c1-7(10(12)13)6-14-9-4-2-3-8(11)5-9/h2-5,7H,6H2,1H3,(H,12,13). The number of carboxylic acid groups (broad SMARTS) is 1. The second kappa shape index (κ2) is 4.86. The maximum absolute atomic E-state index is 10.5. The van der Waals surface area contributed by atoms with Gasteiger partial charge < -0.3 is 9.84 Å². The van der Waals surface area contributed by atoms with Crippen molar-refractivity contribution in [2.75, 3.05) is 6.61 Å². The first-order chi connectivity index (χ1) is 6.59. The molecule has 0 aliphatic heterocycles. The minimum Gasteiger partial charge on any atom is -0.493 e. The summed E-state index contributed by atoms with van der Waals surface area (Å²) in [5.41, 5.74) is 0. The Balaban J connectivity index is 2.49. The van der Waals surface area contributed by atoms with Crippen molar-refractivity contribution in [1.82, 2.24) is 0 Å². The Kier molecular flexibility index (Phi) is 3.77. The van der Waals surface area contributed by atoms with Crippen LogP contribution in [-0.4, -0.2) is 17.7 Å². The normalized spacial score (nSPS) is 12.1. The Morgan fingerprint density at radius 2 is 2.36 bits per heavy atom. The number of benzene rings is 1. The van der Waals surface area contributed by atoms with E-state index in [-0.39, 0.29) is 6.61 Å². The first-order valence-electron chi connectivity index (χ1n) is 4.21. The number of carboxylic acids is 1. The molecule has 4 heteroatoms. The summed E-state index contributed by atoms with van der Waals surface area (Å²) >= 11 is 5.73. The van der Waals surface area contributed by atoms with Crippen LogP contribution < -0.4 is 4.74 Å². The van der Waals surface area contributed by atoms with Gasteiger partial charge in [-0.05, 0) is 25.1 Å². The van der Waals surface area contributed by atoms with Gasteiger partial charge in [0, 0.05) is 5.02 Å². The summed E-state index contributed by atoms with van der Waals surface area (Å²) in [6, 6.07) is 6.87. The fourth-order valence-corrected chi connectivity index (χ4v) is 1.03. The molecule has 0 amide bonds. The molecule has 1 unspecified atom stereocenters. The average Bonchev–Trinajstić information content (AvgIpc) is 2.14. The number of ether oxygens (including phenoxy) is 1. The Bertz CT molecular complexity index is 325. The van der Waals surface area contributed by atoms with Crippen molar-refractivity contribution >= 4 is 17.6 Å². The van der Waals surface area contributed by atoms with Gasteiger partial charge in [-0.1, -0.05) is 17.7 Å². The number of hydrogen-bond donors (Lipinski definition) is 1. The molecule has 0 spiro atoms. The predicted molar refractivity (Wildman–Crippen MR) is 53.7 cm³/mol. The Hall–Kier alpha value is -1.22. The smallest absolute Gasteiger partial charge is 0.309 e. The van der Waals surface area contributed by atoms with E-state index in [0.717, 1.165) is 0 Å². The monoisotopic (exact) mass is 214 g/mol. The van der Waals surface area contributed by atoms with E-state index in [0.29, 0.717) is 10.8 Å². The largest absolute Gasteiger partial charge is 0.493 e. The van der Waals surface area contributed by atoms with Crippen LogP contribution in [0, 0.1) is 5.92 Å². The van der Waals surface area contributed by atoms with Crippen molar-refractivity contribution in [1.29, 1.82) is 0 Å². The molecule has 76 valence electrons. The van der Waals surface area contributed by atoms with Crippen LogP contribution in [0.2, 0.25) is 5.02 Å². The number of hydrogen-bond acceptors (Lipinski definition) is 2. The van der Waals surface area contributed by atoms with Crippen LogP contribution in [0.15, 0.2) is 24.3 Å². The number of aliphatic carboxylic acids is 1. The van der Waals surface area contributed by atoms with Crippen LogP contribution in [0.5, 0.6) is 5.75 Å². The van der Waals surface area contributed by atoms with Gasteiger partial charge in [0.1, 0.15) is 12.4 Å². The molecular weight excluding hydrogens is 204 g/mol. The molecular formula is C10H11ClO3. The minimum atomic E-state index is -0.868. The third-order valence-electron chi connectivity index (χ3n) is 1.72. The molecule has 0 aliphatic rings. The Morgan fingerprint density at radius 1 is 1.64 bits per heavy atom. The maximum Gasteiger partial charge on any atom is 0.309 e. The third-order valence-corrected chi connectivity index (χ3v) is 1.95. The SMILES string of the molecule is CC(COc1cccc(Cl)c1)C(=O)O. The number of carbonyl (C=O) groups is 1. The lowest BCUT2D eigenvalue weighted by Gasteiger charge is -2.08. The van der Waals surface area contributed by atoms with Crippen LogP contribution in [0.4, 0.5) is 0 Å². The third kappa shape index (κ3) is 3.26. The molecule has 1 aromatic carbocycles. The lowest BCUT2D eigenvalue weighted by atomic mass is 10.2. The summed E-state index contributed by atoms with van der Waals surface area (Å²) in [4.78, 5) is 10.5. The minimum absolute atomic E-state index is 0.148. The summed E-state index contributed by atoms with van der Waals surface area (Å²) in [5.74, 6) is -0.799. The average molecular weight is 215 g/mol. The van der Waals surface area contributed by atoms with Crippen molar-refractivity contribution in [3.05, 3.63) is 29.3 Å². The van der Waals surface area contributed by atoms with Crippen molar-refractivity contribution in [2.24, 2.45) is 5.92 Å². The second-order valence-electron chi connectivity index (χ2n) is 3.01. The van der Waals surface area contributed by atoms with Gasteiger partial charge in [0.25, 0.3) is 0 Å². The quantitative estimate of drug-likeness (QED) is 0.838. The van der Waals surface area contributed by atoms with Gasteiger partial charge in [0.05, 0.1) is 5.92 Å². The Morgan fingerprint density at radius 3 is 2.93 bits per heavy atom. The van der Waals surface area contributed by atoms with Crippen molar-refractivity contribution in [3.63, 3.8) is 0 Å². The first-order valence-corrected chi connectivity index (χ1v) is 4.58. The maximum atomic E-state index is 10.5. The molecule has 3 nitrogen and oxygen atoms in total. The Labute approximate surface area is 87.3 Å². The molecule has 14 heavy (non-hydrogen) atoms. The van der Waals surface area contributed by atoms with Crippen molar-refractivity contribution < 1.29 is 14.6 Å². The number of halogens is 1. The first kappa shape index (κ1) is 10.9. The van der Waals surface area contributed by atoms with Gasteiger partial charge in [-0.15, -0.1) is 0 Å². The van der Waals surface area contributed by atoms with Gasteiger partial charge in [-0.2, -0.15) is 0 Å². The molecule has 0 bridgehead atoms. The second-order valence-corrected chi connectivity index (χ2v) is 3.44. The van der Waals surface area contributed by atoms with E-state index in [1.807, 2.05) is 0 Å². The highest BCUT2D eigenvalue weighted by Gasteiger charge is 2.11. The van der Waals surface area contributed by atoms with E-state index in [9.17, 15) is 4.79 Å². The topological polar surface area (TPSA) is 46.5 Å². The van der Waals surface area contributed by atoms with Gasteiger partial charge >= 0.3 is 5.97 Å². The molecule has 1 rings (SSSR count). The lowest BCUT2D eigenvalue weighted by molar-refractivity contribution is -0.142. The van der Waals surface area contributed by atoms with E-state index in [4.69, 9.17) is 21.4 Å². The highest BCUT2D eigenvalue weighted by atomic mass is 35.5. The highest BCUT2D eigenvalue weighted by molar-refractivity contribution is 6.30. The van der Waals surface area contributed by atoms with Gasteiger partial charge in [0.2, 0.25) is 0 Å². The molecule has 0 aromatic heterocycles. The molecule has 0 saturated carbocycles. The van der Waals surface area contributed by atoms with Gasteiger partial charge in [-0.25, -0.2) is 0 Å². The van der Waals surface area contributed by atoms with Crippen molar-refractivity contribution in [3.8, 4) is 5.75 Å². The van der Waals surface area contributed by atoms with Crippen LogP contribution >= 0.6 is 11.6 Å². The summed E-state index contributed by atoms with van der Waals surface area (Å²) in [6.45, 7) is 1.74. The lowest BCUT2D eigenvalue weighted by Crippen LogP contribution is -2.17. The molecule has 0 aliphatic carbocycles. The molecule has 1 N–H and O–H groups in total. The summed E-state index contributed by atoms with van der Waals surface area (Å²) in [7, 11) is 0. The fourth-order valence-electron chi connectivity index (χ4n) is 0.849. The molecule has 0 heterocycles. The summed E-state index contributed by atoms with van der Waals surface area (Å²) < 4.78 is 5.24. The summed E-state index contributed by atoms with van der Waals surface area (Å²) in [6.07, 6.45) is 0. The summed E-state index contributed by atoms with van der Waals surface area (Å²) in [5, 5.41) is 9.18. The fraction of sp³-hybridized carbons (Fsp3) is 0.300. The van der Waals surface area contributed by atoms with Gasteiger partial charge in [-0.3, -0.25) is 4.79 Å². The van der Waals surface area contributed by atoms with Gasteiger partial charge in [0.15, 0.2) is 0 Å². The zero-order valence-corrected chi connectivity index (χ0v) is 8.49. The van der Waals surface area contributed by atoms with E-state index in [2.05, 4.69) is 0 Å². The van der Waals surface area contributed by atoms with Crippen LogP contribution in [0.25, 0.3) is 0 Å². The zero-order valence-electron chi connectivity index (χ0n) is 7.74. The highest BCUT2D eigenvalue weighted by Crippen LogP contribution is 2.17. The van der Waals surface area contributed by atoms with Crippen LogP contribution in [-0.2, 0) is 4.79 Å². The molecule has 0 fully saturated rings. The molecule has 0 radical (unpaired) electrons. The van der Waals surface area contributed by atoms with Crippen molar-refractivity contribution in [2.45, 2.75) is 6.92 Å². The van der Waals surface area contributed by atoms with E-state index >= 15 is 0 Å². The van der Waals surface area contributed by atoms with E-state index < -0.39 is 11.9 Å². The van der Waals surface area contributed by atoms with Crippen LogP contribution in [0.3, 0.4) is 0 Å². The number of rotatable bonds is 4. The zero-order chi connectivity index (χ0) is 10.6. The van der Waals surface area contributed by atoms with E-state index in [1.165, 1.54) is 0 Å². The van der Waals surface area contributed by atoms with E-state index in [1.54, 1.807) is 31.2 Å². The predicted octanol–water partition coefficient (Wildman–Crippen LogP) is 2.44. The van der Waals surface area contributed by atoms with Crippen LogP contribution in [0.1, 0.15) is 6.92 Å². The molecule has 1 atom stereocenters. The molecule has 1 aromatic rings.